The van der Waals surface area contributed by atoms with E-state index in [-0.39, 0.29) is 41.8 Å². The first-order chi connectivity index (χ1) is 16.5. The summed E-state index contributed by atoms with van der Waals surface area (Å²) in [5, 5.41) is 7.85. The van der Waals surface area contributed by atoms with Crippen LogP contribution in [0, 0.1) is 11.8 Å². The van der Waals surface area contributed by atoms with Crippen LogP contribution in [0.15, 0.2) is 21.0 Å². The Morgan fingerprint density at radius 2 is 1.76 bits per heavy atom. The highest BCUT2D eigenvalue weighted by atomic mass is 32.1. The quantitative estimate of drug-likeness (QED) is 0.596. The van der Waals surface area contributed by atoms with E-state index >= 15 is 0 Å². The number of nitrogens with one attached hydrogen (secondary N) is 2. The third kappa shape index (κ3) is 5.62. The van der Waals surface area contributed by atoms with Gasteiger partial charge in [0, 0.05) is 25.0 Å². The van der Waals surface area contributed by atoms with Gasteiger partial charge in [0.2, 0.25) is 11.8 Å². The van der Waals surface area contributed by atoms with Crippen LogP contribution in [0.1, 0.15) is 71.1 Å². The highest BCUT2D eigenvalue weighted by molar-refractivity contribution is 7.17. The van der Waals surface area contributed by atoms with Crippen molar-refractivity contribution in [3.8, 4) is 0 Å². The van der Waals surface area contributed by atoms with Crippen molar-refractivity contribution < 1.29 is 9.59 Å². The summed E-state index contributed by atoms with van der Waals surface area (Å²) < 4.78 is 3.28. The molecular weight excluding hydrogens is 452 g/mol. The molecule has 186 valence electrons. The van der Waals surface area contributed by atoms with Crippen LogP contribution in [-0.2, 0) is 22.7 Å². The number of thiophene rings is 1. The SMILES string of the molecule is CCCNC(=O)C1CCC(Cn2c(=O)c3sccc3n(CC(=O)NC3CCCCC3)c2=O)CC1. The molecule has 2 fully saturated rings. The van der Waals surface area contributed by atoms with Crippen molar-refractivity contribution in [3.05, 3.63) is 32.3 Å². The zero-order chi connectivity index (χ0) is 24.1. The van der Waals surface area contributed by atoms with Crippen LogP contribution in [0.3, 0.4) is 0 Å². The molecule has 4 rings (SSSR count). The monoisotopic (exact) mass is 488 g/mol. The number of hydrogen-bond donors (Lipinski definition) is 2. The average molecular weight is 489 g/mol. The molecule has 0 radical (unpaired) electrons. The smallest absolute Gasteiger partial charge is 0.332 e. The fourth-order valence-corrected chi connectivity index (χ4v) is 6.21. The van der Waals surface area contributed by atoms with Crippen LogP contribution in [-0.4, -0.2) is 33.5 Å². The number of carbonyl (C=O) groups is 2. The number of aromatic nitrogens is 2. The summed E-state index contributed by atoms with van der Waals surface area (Å²) in [5.74, 6) is 0.121. The zero-order valence-corrected chi connectivity index (χ0v) is 20.8. The van der Waals surface area contributed by atoms with Gasteiger partial charge in [0.05, 0.1) is 5.52 Å². The molecule has 0 aromatic carbocycles. The maximum absolute atomic E-state index is 13.4. The van der Waals surface area contributed by atoms with Gasteiger partial charge < -0.3 is 10.6 Å². The minimum Gasteiger partial charge on any atom is -0.356 e. The van der Waals surface area contributed by atoms with Crippen molar-refractivity contribution in [1.82, 2.24) is 19.8 Å². The second-order valence-electron chi connectivity index (χ2n) is 9.83. The third-order valence-electron chi connectivity index (χ3n) is 7.32. The summed E-state index contributed by atoms with van der Waals surface area (Å²) in [4.78, 5) is 51.6. The van der Waals surface area contributed by atoms with Gasteiger partial charge in [-0.2, -0.15) is 0 Å². The van der Waals surface area contributed by atoms with Gasteiger partial charge in [-0.05, 0) is 62.3 Å². The molecule has 0 aliphatic heterocycles. The molecule has 8 nitrogen and oxygen atoms in total. The zero-order valence-electron chi connectivity index (χ0n) is 20.0. The van der Waals surface area contributed by atoms with E-state index < -0.39 is 5.69 Å². The lowest BCUT2D eigenvalue weighted by Crippen LogP contribution is -2.45. The normalized spacial score (nSPS) is 21.4. The average Bonchev–Trinajstić information content (AvgIpc) is 3.34. The highest BCUT2D eigenvalue weighted by Crippen LogP contribution is 2.30. The molecule has 2 aromatic heterocycles. The Morgan fingerprint density at radius 3 is 2.47 bits per heavy atom. The number of carbonyl (C=O) groups excluding carboxylic acids is 2. The van der Waals surface area contributed by atoms with Crippen molar-refractivity contribution in [2.75, 3.05) is 6.54 Å². The molecular formula is C25H36N4O4S. The van der Waals surface area contributed by atoms with Crippen molar-refractivity contribution >= 4 is 33.4 Å². The van der Waals surface area contributed by atoms with Crippen LogP contribution in [0.4, 0.5) is 0 Å². The van der Waals surface area contributed by atoms with Crippen LogP contribution in [0.25, 0.3) is 10.2 Å². The Morgan fingerprint density at radius 1 is 1.03 bits per heavy atom. The van der Waals surface area contributed by atoms with E-state index in [9.17, 15) is 19.2 Å². The van der Waals surface area contributed by atoms with Crippen LogP contribution < -0.4 is 21.9 Å². The molecule has 0 unspecified atom stereocenters. The lowest BCUT2D eigenvalue weighted by atomic mass is 9.81. The molecule has 2 saturated carbocycles. The minimum absolute atomic E-state index is 0.0134. The summed E-state index contributed by atoms with van der Waals surface area (Å²) >= 11 is 1.31. The Bertz CT molecular complexity index is 1120. The van der Waals surface area contributed by atoms with Gasteiger partial charge in [0.15, 0.2) is 0 Å². The molecule has 2 aliphatic rings. The molecule has 2 heterocycles. The summed E-state index contributed by atoms with van der Waals surface area (Å²) in [6.07, 6.45) is 9.47. The van der Waals surface area contributed by atoms with Crippen LogP contribution >= 0.6 is 11.3 Å². The number of amides is 2. The molecule has 2 aliphatic carbocycles. The van der Waals surface area contributed by atoms with E-state index in [0.29, 0.717) is 23.3 Å². The maximum Gasteiger partial charge on any atom is 0.332 e. The molecule has 0 bridgehead atoms. The molecule has 2 N–H and O–H groups in total. The lowest BCUT2D eigenvalue weighted by Gasteiger charge is -2.28. The Kier molecular flexibility index (Phi) is 8.24. The van der Waals surface area contributed by atoms with Crippen LogP contribution in [0.2, 0.25) is 0 Å². The van der Waals surface area contributed by atoms with E-state index in [2.05, 4.69) is 10.6 Å². The Labute approximate surface area is 203 Å². The first-order valence-corrected chi connectivity index (χ1v) is 13.6. The second kappa shape index (κ2) is 11.3. The molecule has 2 aromatic rings. The summed E-state index contributed by atoms with van der Waals surface area (Å²) in [6.45, 7) is 2.99. The lowest BCUT2D eigenvalue weighted by molar-refractivity contribution is -0.126. The summed E-state index contributed by atoms with van der Waals surface area (Å²) in [5.41, 5.74) is -0.161. The van der Waals surface area contributed by atoms with Crippen molar-refractivity contribution in [2.24, 2.45) is 11.8 Å². The number of hydrogen-bond acceptors (Lipinski definition) is 5. The molecule has 2 amide bonds. The fourth-order valence-electron chi connectivity index (χ4n) is 5.37. The first kappa shape index (κ1) is 24.7. The van der Waals surface area contributed by atoms with Gasteiger partial charge in [0.25, 0.3) is 5.56 Å². The standard InChI is InChI=1S/C25H36N4O4S/c1-2-13-26-23(31)18-10-8-17(9-11-18)15-29-24(32)22-20(12-14-34-22)28(25(29)33)16-21(30)27-19-6-4-3-5-7-19/h12,14,17-19H,2-11,13,15-16H2,1H3,(H,26,31)(H,27,30). The molecule has 0 saturated heterocycles. The minimum atomic E-state index is -0.419. The predicted octanol–water partition coefficient (Wildman–Crippen LogP) is 3.01. The van der Waals surface area contributed by atoms with Gasteiger partial charge in [-0.1, -0.05) is 26.2 Å². The van der Waals surface area contributed by atoms with Gasteiger partial charge in [-0.3, -0.25) is 23.5 Å². The van der Waals surface area contributed by atoms with Crippen LogP contribution in [0.5, 0.6) is 0 Å². The third-order valence-corrected chi connectivity index (χ3v) is 8.21. The molecule has 0 spiro atoms. The molecule has 0 atom stereocenters. The second-order valence-corrected chi connectivity index (χ2v) is 10.7. The van der Waals surface area contributed by atoms with Gasteiger partial charge in [0.1, 0.15) is 11.2 Å². The van der Waals surface area contributed by atoms with Gasteiger partial charge in [-0.15, -0.1) is 11.3 Å². The maximum atomic E-state index is 13.4. The van der Waals surface area contributed by atoms with E-state index in [1.165, 1.54) is 26.9 Å². The van der Waals surface area contributed by atoms with E-state index in [1.807, 2.05) is 6.92 Å². The Balaban J connectivity index is 1.48. The number of fused-ring (bicyclic) bond motifs is 1. The Hall–Kier alpha value is -2.42. The largest absolute Gasteiger partial charge is 0.356 e. The van der Waals surface area contributed by atoms with Gasteiger partial charge in [-0.25, -0.2) is 4.79 Å². The first-order valence-electron chi connectivity index (χ1n) is 12.8. The topological polar surface area (TPSA) is 102 Å². The van der Waals surface area contributed by atoms with Crippen molar-refractivity contribution in [3.63, 3.8) is 0 Å². The van der Waals surface area contributed by atoms with Crippen molar-refractivity contribution in [1.29, 1.82) is 0 Å². The number of nitrogens with zero attached hydrogens (tertiary/aromatic N) is 2. The highest BCUT2D eigenvalue weighted by Gasteiger charge is 2.28. The summed E-state index contributed by atoms with van der Waals surface area (Å²) in [7, 11) is 0. The summed E-state index contributed by atoms with van der Waals surface area (Å²) in [6, 6.07) is 1.92. The predicted molar refractivity (Wildman–Crippen MR) is 134 cm³/mol. The van der Waals surface area contributed by atoms with Gasteiger partial charge >= 0.3 is 5.69 Å². The molecule has 9 heteroatoms. The van der Waals surface area contributed by atoms with E-state index in [4.69, 9.17) is 0 Å². The van der Waals surface area contributed by atoms with Crippen molar-refractivity contribution in [2.45, 2.75) is 90.3 Å². The number of rotatable bonds is 8. The van der Waals surface area contributed by atoms with E-state index in [1.54, 1.807) is 11.4 Å². The molecule has 34 heavy (non-hydrogen) atoms. The fraction of sp³-hybridized carbons (Fsp3) is 0.680. The van der Waals surface area contributed by atoms with E-state index in [0.717, 1.165) is 57.8 Å².